The SMILES string of the molecule is OC(CNCC(F)(F)F)c1ccc(F)cc1F. The highest BCUT2D eigenvalue weighted by Gasteiger charge is 2.26. The molecule has 0 saturated heterocycles. The summed E-state index contributed by atoms with van der Waals surface area (Å²) in [4.78, 5) is 0. The lowest BCUT2D eigenvalue weighted by Crippen LogP contribution is -2.32. The van der Waals surface area contributed by atoms with Crippen LogP contribution in [0.25, 0.3) is 0 Å². The minimum absolute atomic E-state index is 0.249. The Morgan fingerprint density at radius 2 is 1.88 bits per heavy atom. The Kier molecular flexibility index (Phi) is 4.41. The van der Waals surface area contributed by atoms with Crippen LogP contribution < -0.4 is 5.32 Å². The van der Waals surface area contributed by atoms with E-state index in [9.17, 15) is 27.1 Å². The summed E-state index contributed by atoms with van der Waals surface area (Å²) in [7, 11) is 0. The number of hydrogen-bond acceptors (Lipinski definition) is 2. The van der Waals surface area contributed by atoms with Gasteiger partial charge in [0.1, 0.15) is 11.6 Å². The quantitative estimate of drug-likeness (QED) is 0.808. The largest absolute Gasteiger partial charge is 0.401 e. The molecule has 7 heteroatoms. The van der Waals surface area contributed by atoms with Crippen LogP contribution in [0.3, 0.4) is 0 Å². The zero-order valence-corrected chi connectivity index (χ0v) is 8.56. The minimum Gasteiger partial charge on any atom is -0.387 e. The second-order valence-corrected chi connectivity index (χ2v) is 3.43. The molecule has 0 aromatic heterocycles. The third kappa shape index (κ3) is 4.66. The van der Waals surface area contributed by atoms with Crippen molar-refractivity contribution in [2.45, 2.75) is 12.3 Å². The second-order valence-electron chi connectivity index (χ2n) is 3.43. The summed E-state index contributed by atoms with van der Waals surface area (Å²) >= 11 is 0. The molecule has 0 fully saturated rings. The molecule has 96 valence electrons. The van der Waals surface area contributed by atoms with Crippen molar-refractivity contribution in [3.63, 3.8) is 0 Å². The summed E-state index contributed by atoms with van der Waals surface area (Å²) in [6.45, 7) is -1.76. The van der Waals surface area contributed by atoms with Crippen molar-refractivity contribution in [1.29, 1.82) is 0 Å². The maximum absolute atomic E-state index is 13.1. The Hall–Kier alpha value is -1.21. The summed E-state index contributed by atoms with van der Waals surface area (Å²) in [5.74, 6) is -1.81. The molecule has 0 spiro atoms. The monoisotopic (exact) mass is 255 g/mol. The average Bonchev–Trinajstić information content (AvgIpc) is 2.15. The molecule has 0 heterocycles. The number of aliphatic hydroxyl groups is 1. The van der Waals surface area contributed by atoms with Crippen LogP contribution in [0.4, 0.5) is 22.0 Å². The molecule has 2 N–H and O–H groups in total. The van der Waals surface area contributed by atoms with Crippen molar-refractivity contribution in [3.05, 3.63) is 35.4 Å². The van der Waals surface area contributed by atoms with Crippen molar-refractivity contribution >= 4 is 0 Å². The van der Waals surface area contributed by atoms with Gasteiger partial charge in [-0.1, -0.05) is 6.07 Å². The fraction of sp³-hybridized carbons (Fsp3) is 0.400. The molecule has 1 unspecified atom stereocenters. The molecule has 0 aliphatic heterocycles. The van der Waals surface area contributed by atoms with E-state index in [-0.39, 0.29) is 5.56 Å². The summed E-state index contributed by atoms with van der Waals surface area (Å²) < 4.78 is 61.0. The molecule has 1 atom stereocenters. The average molecular weight is 255 g/mol. The van der Waals surface area contributed by atoms with Crippen molar-refractivity contribution in [3.8, 4) is 0 Å². The number of rotatable bonds is 4. The smallest absolute Gasteiger partial charge is 0.387 e. The van der Waals surface area contributed by atoms with E-state index < -0.39 is 37.0 Å². The molecule has 0 bridgehead atoms. The van der Waals surface area contributed by atoms with Gasteiger partial charge in [-0.05, 0) is 6.07 Å². The Labute approximate surface area is 94.1 Å². The fourth-order valence-corrected chi connectivity index (χ4v) is 1.23. The van der Waals surface area contributed by atoms with Gasteiger partial charge in [-0.25, -0.2) is 8.78 Å². The zero-order chi connectivity index (χ0) is 13.1. The summed E-state index contributed by atoms with van der Waals surface area (Å²) in [6, 6.07) is 2.47. The standard InChI is InChI=1S/C10H10F5NO/c11-6-1-2-7(8(12)3-6)9(17)4-16-5-10(13,14)15/h1-3,9,16-17H,4-5H2. The number of hydrogen-bond donors (Lipinski definition) is 2. The van der Waals surface area contributed by atoms with E-state index in [1.165, 1.54) is 0 Å². The van der Waals surface area contributed by atoms with Crippen LogP contribution >= 0.6 is 0 Å². The van der Waals surface area contributed by atoms with Gasteiger partial charge in [0.25, 0.3) is 0 Å². The maximum atomic E-state index is 13.1. The van der Waals surface area contributed by atoms with Crippen LogP contribution in [0.5, 0.6) is 0 Å². The van der Waals surface area contributed by atoms with Gasteiger partial charge in [-0.15, -0.1) is 0 Å². The minimum atomic E-state index is -4.40. The van der Waals surface area contributed by atoms with Crippen molar-refractivity contribution < 1.29 is 27.1 Å². The van der Waals surface area contributed by atoms with E-state index in [0.29, 0.717) is 6.07 Å². The van der Waals surface area contributed by atoms with Gasteiger partial charge in [0.15, 0.2) is 0 Å². The van der Waals surface area contributed by atoms with E-state index >= 15 is 0 Å². The lowest BCUT2D eigenvalue weighted by Gasteiger charge is -2.14. The Bertz CT molecular complexity index is 379. The van der Waals surface area contributed by atoms with Crippen molar-refractivity contribution in [1.82, 2.24) is 5.32 Å². The number of halogens is 5. The number of alkyl halides is 3. The van der Waals surface area contributed by atoms with Gasteiger partial charge in [-0.3, -0.25) is 0 Å². The van der Waals surface area contributed by atoms with Crippen LogP contribution in [0, 0.1) is 11.6 Å². The molecule has 2 nitrogen and oxygen atoms in total. The molecule has 0 amide bonds. The van der Waals surface area contributed by atoms with Gasteiger partial charge >= 0.3 is 6.18 Å². The molecular weight excluding hydrogens is 245 g/mol. The molecule has 0 radical (unpaired) electrons. The number of aliphatic hydroxyl groups excluding tert-OH is 1. The van der Waals surface area contributed by atoms with Crippen molar-refractivity contribution in [2.24, 2.45) is 0 Å². The van der Waals surface area contributed by atoms with Gasteiger partial charge in [-0.2, -0.15) is 13.2 Å². The van der Waals surface area contributed by atoms with E-state index in [4.69, 9.17) is 0 Å². The van der Waals surface area contributed by atoms with Crippen LogP contribution in [0.15, 0.2) is 18.2 Å². The molecule has 0 aliphatic carbocycles. The topological polar surface area (TPSA) is 32.3 Å². The van der Waals surface area contributed by atoms with Crippen LogP contribution in [0.2, 0.25) is 0 Å². The van der Waals surface area contributed by atoms with Crippen LogP contribution in [-0.2, 0) is 0 Å². The molecule has 1 rings (SSSR count). The Balaban J connectivity index is 2.55. The number of benzene rings is 1. The van der Waals surface area contributed by atoms with E-state index in [2.05, 4.69) is 0 Å². The molecule has 1 aromatic carbocycles. The number of nitrogens with one attached hydrogen (secondary N) is 1. The predicted octanol–water partition coefficient (Wildman–Crippen LogP) is 2.15. The second kappa shape index (κ2) is 5.42. The van der Waals surface area contributed by atoms with Gasteiger partial charge in [0.2, 0.25) is 0 Å². The highest BCUT2D eigenvalue weighted by Crippen LogP contribution is 2.18. The van der Waals surface area contributed by atoms with E-state index in [0.717, 1.165) is 12.1 Å². The first-order valence-electron chi connectivity index (χ1n) is 4.70. The first-order valence-corrected chi connectivity index (χ1v) is 4.70. The van der Waals surface area contributed by atoms with Crippen LogP contribution in [0.1, 0.15) is 11.7 Å². The van der Waals surface area contributed by atoms with E-state index in [1.807, 2.05) is 5.32 Å². The third-order valence-corrected chi connectivity index (χ3v) is 1.98. The zero-order valence-electron chi connectivity index (χ0n) is 8.56. The normalized spacial score (nSPS) is 13.8. The first kappa shape index (κ1) is 13.9. The fourth-order valence-electron chi connectivity index (χ4n) is 1.23. The summed E-state index contributed by atoms with van der Waals surface area (Å²) in [6.07, 6.45) is -5.86. The third-order valence-electron chi connectivity index (χ3n) is 1.98. The first-order chi connectivity index (χ1) is 7.79. The van der Waals surface area contributed by atoms with E-state index in [1.54, 1.807) is 0 Å². The molecule has 0 saturated carbocycles. The van der Waals surface area contributed by atoms with Gasteiger partial charge < -0.3 is 10.4 Å². The lowest BCUT2D eigenvalue weighted by molar-refractivity contribution is -0.125. The van der Waals surface area contributed by atoms with Crippen molar-refractivity contribution in [2.75, 3.05) is 13.1 Å². The Morgan fingerprint density at radius 3 is 2.41 bits per heavy atom. The molecular formula is C10H10F5NO. The lowest BCUT2D eigenvalue weighted by atomic mass is 10.1. The molecule has 0 aliphatic rings. The Morgan fingerprint density at radius 1 is 1.24 bits per heavy atom. The maximum Gasteiger partial charge on any atom is 0.401 e. The van der Waals surface area contributed by atoms with Gasteiger partial charge in [0.05, 0.1) is 12.6 Å². The summed E-state index contributed by atoms with van der Waals surface area (Å²) in [5.41, 5.74) is -0.249. The highest BCUT2D eigenvalue weighted by molar-refractivity contribution is 5.21. The van der Waals surface area contributed by atoms with Crippen LogP contribution in [-0.4, -0.2) is 24.4 Å². The predicted molar refractivity (Wildman–Crippen MR) is 50.2 cm³/mol. The van der Waals surface area contributed by atoms with Gasteiger partial charge in [0, 0.05) is 18.2 Å². The summed E-state index contributed by atoms with van der Waals surface area (Å²) in [5, 5.41) is 11.3. The highest BCUT2D eigenvalue weighted by atomic mass is 19.4. The molecule has 1 aromatic rings. The molecule has 17 heavy (non-hydrogen) atoms.